The Balaban J connectivity index is 2.29. The number of rotatable bonds is 5. The second-order valence-electron chi connectivity index (χ2n) is 4.39. The number of benzene rings is 2. The number of hydroxylamine groups is 1. The number of para-hydroxylation sites is 1. The van der Waals surface area contributed by atoms with Crippen LogP contribution in [0.15, 0.2) is 60.7 Å². The largest absolute Gasteiger partial charge is 0.469 e. The first-order chi connectivity index (χ1) is 9.72. The standard InChI is InChI=1S/C16H17NO3/c1-20-16(18)12-15(13-8-4-2-5-9-13)17(19)14-10-6-3-7-11-14/h2-11,15,19H,12H2,1H3. The van der Waals surface area contributed by atoms with E-state index in [-0.39, 0.29) is 12.4 Å². The van der Waals surface area contributed by atoms with Crippen LogP contribution in [0, 0.1) is 0 Å². The van der Waals surface area contributed by atoms with Gasteiger partial charge in [0.25, 0.3) is 0 Å². The van der Waals surface area contributed by atoms with E-state index < -0.39 is 6.04 Å². The summed E-state index contributed by atoms with van der Waals surface area (Å²) in [5.41, 5.74) is 1.48. The monoisotopic (exact) mass is 271 g/mol. The molecule has 0 spiro atoms. The van der Waals surface area contributed by atoms with Crippen LogP contribution in [0.25, 0.3) is 0 Å². The summed E-state index contributed by atoms with van der Waals surface area (Å²) in [5.74, 6) is -0.367. The van der Waals surface area contributed by atoms with E-state index in [4.69, 9.17) is 4.74 Å². The van der Waals surface area contributed by atoms with Crippen LogP contribution in [-0.4, -0.2) is 18.3 Å². The van der Waals surface area contributed by atoms with Crippen molar-refractivity contribution in [1.82, 2.24) is 0 Å². The number of nitrogens with zero attached hydrogens (tertiary/aromatic N) is 1. The molecule has 0 aliphatic rings. The van der Waals surface area contributed by atoms with Crippen LogP contribution in [0.2, 0.25) is 0 Å². The van der Waals surface area contributed by atoms with Crippen molar-refractivity contribution in [2.45, 2.75) is 12.5 Å². The molecule has 4 heteroatoms. The number of methoxy groups -OCH3 is 1. The van der Waals surface area contributed by atoms with Crippen molar-refractivity contribution in [2.24, 2.45) is 0 Å². The maximum Gasteiger partial charge on any atom is 0.308 e. The van der Waals surface area contributed by atoms with Crippen LogP contribution in [0.3, 0.4) is 0 Å². The molecule has 0 heterocycles. The summed E-state index contributed by atoms with van der Waals surface area (Å²) in [4.78, 5) is 11.6. The summed E-state index contributed by atoms with van der Waals surface area (Å²) in [5, 5.41) is 11.5. The number of hydrogen-bond donors (Lipinski definition) is 1. The molecule has 0 bridgehead atoms. The first-order valence-electron chi connectivity index (χ1n) is 6.37. The predicted molar refractivity (Wildman–Crippen MR) is 76.5 cm³/mol. The molecular weight excluding hydrogens is 254 g/mol. The van der Waals surface area contributed by atoms with Crippen LogP contribution >= 0.6 is 0 Å². The fourth-order valence-corrected chi connectivity index (χ4v) is 2.02. The molecule has 0 aliphatic carbocycles. The van der Waals surface area contributed by atoms with Crippen LogP contribution in [-0.2, 0) is 9.53 Å². The smallest absolute Gasteiger partial charge is 0.308 e. The molecule has 0 aliphatic heterocycles. The van der Waals surface area contributed by atoms with E-state index in [1.54, 1.807) is 12.1 Å². The Morgan fingerprint density at radius 3 is 2.20 bits per heavy atom. The maximum absolute atomic E-state index is 11.6. The number of anilines is 1. The molecule has 2 aromatic rings. The minimum absolute atomic E-state index is 0.0753. The molecule has 1 atom stereocenters. The van der Waals surface area contributed by atoms with E-state index in [0.29, 0.717) is 5.69 Å². The molecule has 1 unspecified atom stereocenters. The van der Waals surface area contributed by atoms with E-state index in [0.717, 1.165) is 10.6 Å². The number of esters is 1. The number of carbonyl (C=O) groups excluding carboxylic acids is 1. The fourth-order valence-electron chi connectivity index (χ4n) is 2.02. The van der Waals surface area contributed by atoms with Gasteiger partial charge in [-0.25, -0.2) is 5.06 Å². The van der Waals surface area contributed by atoms with E-state index in [1.165, 1.54) is 7.11 Å². The first kappa shape index (κ1) is 14.1. The van der Waals surface area contributed by atoms with Crippen molar-refractivity contribution >= 4 is 11.7 Å². The summed E-state index contributed by atoms with van der Waals surface area (Å²) in [7, 11) is 1.34. The van der Waals surface area contributed by atoms with Crippen molar-refractivity contribution in [3.05, 3.63) is 66.2 Å². The Hall–Kier alpha value is -2.33. The summed E-state index contributed by atoms with van der Waals surface area (Å²) >= 11 is 0. The van der Waals surface area contributed by atoms with Crippen molar-refractivity contribution < 1.29 is 14.7 Å². The number of ether oxygens (including phenoxy) is 1. The third-order valence-electron chi connectivity index (χ3n) is 3.09. The van der Waals surface area contributed by atoms with Crippen molar-refractivity contribution in [2.75, 3.05) is 12.2 Å². The van der Waals surface area contributed by atoms with E-state index in [9.17, 15) is 10.0 Å². The predicted octanol–water partition coefficient (Wildman–Crippen LogP) is 3.19. The lowest BCUT2D eigenvalue weighted by molar-refractivity contribution is -0.141. The third-order valence-corrected chi connectivity index (χ3v) is 3.09. The molecular formula is C16H17NO3. The molecule has 0 aromatic heterocycles. The fraction of sp³-hybridized carbons (Fsp3) is 0.188. The Bertz CT molecular complexity index is 542. The Morgan fingerprint density at radius 2 is 1.65 bits per heavy atom. The molecule has 2 rings (SSSR count). The summed E-state index contributed by atoms with van der Waals surface area (Å²) in [6, 6.07) is 18.0. The third kappa shape index (κ3) is 3.36. The molecule has 0 saturated carbocycles. The van der Waals surface area contributed by atoms with Gasteiger partial charge in [-0.05, 0) is 17.7 Å². The van der Waals surface area contributed by atoms with Gasteiger partial charge in [0.05, 0.1) is 25.3 Å². The lowest BCUT2D eigenvalue weighted by atomic mass is 10.0. The van der Waals surface area contributed by atoms with Gasteiger partial charge in [-0.1, -0.05) is 48.5 Å². The topological polar surface area (TPSA) is 49.8 Å². The van der Waals surface area contributed by atoms with Crippen LogP contribution in [0.1, 0.15) is 18.0 Å². The normalized spacial score (nSPS) is 11.7. The second kappa shape index (κ2) is 6.73. The Kier molecular flexibility index (Phi) is 4.74. The van der Waals surface area contributed by atoms with Gasteiger partial charge < -0.3 is 4.74 Å². The second-order valence-corrected chi connectivity index (χ2v) is 4.39. The highest BCUT2D eigenvalue weighted by molar-refractivity contribution is 5.71. The maximum atomic E-state index is 11.6. The van der Waals surface area contributed by atoms with Crippen LogP contribution < -0.4 is 5.06 Å². The highest BCUT2D eigenvalue weighted by Gasteiger charge is 2.23. The lowest BCUT2D eigenvalue weighted by Gasteiger charge is -2.27. The number of hydrogen-bond acceptors (Lipinski definition) is 4. The molecule has 4 nitrogen and oxygen atoms in total. The van der Waals surface area contributed by atoms with E-state index in [2.05, 4.69) is 0 Å². The number of carbonyl (C=O) groups is 1. The van der Waals surface area contributed by atoms with Gasteiger partial charge in [0.1, 0.15) is 0 Å². The lowest BCUT2D eigenvalue weighted by Crippen LogP contribution is -2.27. The molecule has 2 aromatic carbocycles. The average molecular weight is 271 g/mol. The highest BCUT2D eigenvalue weighted by Crippen LogP contribution is 2.28. The van der Waals surface area contributed by atoms with Crippen molar-refractivity contribution in [3.63, 3.8) is 0 Å². The summed E-state index contributed by atoms with van der Waals surface area (Å²) in [6.45, 7) is 0. The van der Waals surface area contributed by atoms with E-state index >= 15 is 0 Å². The van der Waals surface area contributed by atoms with Crippen LogP contribution in [0.4, 0.5) is 5.69 Å². The minimum Gasteiger partial charge on any atom is -0.469 e. The molecule has 20 heavy (non-hydrogen) atoms. The average Bonchev–Trinajstić information content (AvgIpc) is 2.53. The van der Waals surface area contributed by atoms with Gasteiger partial charge in [-0.15, -0.1) is 0 Å². The Morgan fingerprint density at radius 1 is 1.10 bits per heavy atom. The first-order valence-corrected chi connectivity index (χ1v) is 6.37. The van der Waals surface area contributed by atoms with Gasteiger partial charge in [-0.2, -0.15) is 0 Å². The molecule has 0 saturated heterocycles. The molecule has 104 valence electrons. The van der Waals surface area contributed by atoms with Gasteiger partial charge in [0.2, 0.25) is 0 Å². The summed E-state index contributed by atoms with van der Waals surface area (Å²) < 4.78 is 4.71. The zero-order valence-corrected chi connectivity index (χ0v) is 11.3. The summed E-state index contributed by atoms with van der Waals surface area (Å²) in [6.07, 6.45) is 0.0753. The van der Waals surface area contributed by atoms with Gasteiger partial charge in [0.15, 0.2) is 0 Å². The van der Waals surface area contributed by atoms with Gasteiger partial charge >= 0.3 is 5.97 Å². The molecule has 0 radical (unpaired) electrons. The minimum atomic E-state index is -0.481. The molecule has 0 amide bonds. The quantitative estimate of drug-likeness (QED) is 0.670. The molecule has 0 fully saturated rings. The van der Waals surface area contributed by atoms with E-state index in [1.807, 2.05) is 48.5 Å². The highest BCUT2D eigenvalue weighted by atomic mass is 16.5. The SMILES string of the molecule is COC(=O)CC(c1ccccc1)N(O)c1ccccc1. The molecule has 1 N–H and O–H groups in total. The van der Waals surface area contributed by atoms with Gasteiger partial charge in [0, 0.05) is 0 Å². The van der Waals surface area contributed by atoms with Crippen molar-refractivity contribution in [1.29, 1.82) is 0 Å². The Labute approximate surface area is 118 Å². The van der Waals surface area contributed by atoms with Crippen LogP contribution in [0.5, 0.6) is 0 Å². The zero-order valence-electron chi connectivity index (χ0n) is 11.3. The zero-order chi connectivity index (χ0) is 14.4. The van der Waals surface area contributed by atoms with Crippen molar-refractivity contribution in [3.8, 4) is 0 Å². The van der Waals surface area contributed by atoms with Gasteiger partial charge in [-0.3, -0.25) is 10.0 Å².